The number of nitrogens with one attached hydrogen (secondary N) is 1. The predicted octanol–water partition coefficient (Wildman–Crippen LogP) is 1.15. The molecule has 62 valence electrons. The maximum absolute atomic E-state index is 9.51. The average molecular weight is 145 g/mol. The van der Waals surface area contributed by atoms with Gasteiger partial charge in [-0.15, -0.1) is 0 Å². The van der Waals surface area contributed by atoms with Crippen LogP contribution < -0.4 is 5.32 Å². The van der Waals surface area contributed by atoms with Crippen molar-refractivity contribution in [1.82, 2.24) is 5.32 Å². The molecule has 0 heterocycles. The highest BCUT2D eigenvalue weighted by molar-refractivity contribution is 4.70. The van der Waals surface area contributed by atoms with E-state index in [-0.39, 0.29) is 0 Å². The first-order valence-electron chi connectivity index (χ1n) is 4.05. The van der Waals surface area contributed by atoms with Crippen molar-refractivity contribution in [3.63, 3.8) is 0 Å². The maximum atomic E-state index is 9.51. The topological polar surface area (TPSA) is 32.3 Å². The van der Waals surface area contributed by atoms with Gasteiger partial charge in [-0.3, -0.25) is 0 Å². The summed E-state index contributed by atoms with van der Waals surface area (Å²) >= 11 is 0. The molecule has 2 heteroatoms. The lowest BCUT2D eigenvalue weighted by Crippen LogP contribution is -2.28. The molecule has 0 aliphatic carbocycles. The summed E-state index contributed by atoms with van der Waals surface area (Å²) in [5.41, 5.74) is -0.470. The Kier molecular flexibility index (Phi) is 4.65. The van der Waals surface area contributed by atoms with E-state index in [4.69, 9.17) is 0 Å². The fourth-order valence-corrected chi connectivity index (χ4v) is 0.711. The summed E-state index contributed by atoms with van der Waals surface area (Å²) in [6.07, 6.45) is 1.68. The van der Waals surface area contributed by atoms with Crippen molar-refractivity contribution in [2.45, 2.75) is 39.2 Å². The largest absolute Gasteiger partial charge is 0.390 e. The fourth-order valence-electron chi connectivity index (χ4n) is 0.711. The van der Waals surface area contributed by atoms with E-state index in [1.807, 2.05) is 13.8 Å². The Labute approximate surface area is 63.6 Å². The first-order chi connectivity index (χ1) is 4.62. The van der Waals surface area contributed by atoms with Crippen LogP contribution in [0.15, 0.2) is 0 Å². The minimum Gasteiger partial charge on any atom is -0.390 e. The third-order valence-corrected chi connectivity index (χ3v) is 1.85. The van der Waals surface area contributed by atoms with Crippen molar-refractivity contribution in [3.8, 4) is 0 Å². The van der Waals surface area contributed by atoms with Crippen molar-refractivity contribution in [3.05, 3.63) is 0 Å². The van der Waals surface area contributed by atoms with E-state index in [0.29, 0.717) is 0 Å². The van der Waals surface area contributed by atoms with E-state index in [1.54, 1.807) is 0 Å². The zero-order valence-electron chi connectivity index (χ0n) is 7.28. The Morgan fingerprint density at radius 3 is 2.40 bits per heavy atom. The lowest BCUT2D eigenvalue weighted by atomic mass is 10.00. The van der Waals surface area contributed by atoms with Crippen LogP contribution in [0.5, 0.6) is 0 Å². The molecular weight excluding hydrogens is 126 g/mol. The molecule has 0 aliphatic heterocycles. The normalized spacial score (nSPS) is 16.8. The number of hydrogen-bond donors (Lipinski definition) is 2. The van der Waals surface area contributed by atoms with Gasteiger partial charge in [-0.1, -0.05) is 13.8 Å². The minimum atomic E-state index is -0.470. The van der Waals surface area contributed by atoms with Crippen LogP contribution in [0.4, 0.5) is 0 Å². The molecule has 0 saturated heterocycles. The molecular formula is C8H19NO. The van der Waals surface area contributed by atoms with Crippen molar-refractivity contribution in [2.75, 3.05) is 13.1 Å². The zero-order chi connectivity index (χ0) is 8.04. The molecule has 0 fully saturated rings. The molecule has 0 amide bonds. The third-order valence-electron chi connectivity index (χ3n) is 1.85. The number of rotatable bonds is 5. The molecule has 0 rings (SSSR count). The van der Waals surface area contributed by atoms with Crippen LogP contribution >= 0.6 is 0 Å². The minimum absolute atomic E-state index is 0.470. The van der Waals surface area contributed by atoms with E-state index in [0.717, 1.165) is 25.9 Å². The third kappa shape index (κ3) is 4.77. The van der Waals surface area contributed by atoms with Crippen LogP contribution in [0, 0.1) is 0 Å². The molecule has 0 saturated carbocycles. The molecule has 10 heavy (non-hydrogen) atoms. The Balaban J connectivity index is 3.28. The summed E-state index contributed by atoms with van der Waals surface area (Å²) in [7, 11) is 0. The van der Waals surface area contributed by atoms with Gasteiger partial charge in [-0.2, -0.15) is 0 Å². The molecule has 0 spiro atoms. The van der Waals surface area contributed by atoms with Crippen LogP contribution in [-0.4, -0.2) is 23.8 Å². The molecule has 0 aromatic heterocycles. The van der Waals surface area contributed by atoms with Gasteiger partial charge < -0.3 is 10.4 Å². The first kappa shape index (κ1) is 9.92. The van der Waals surface area contributed by atoms with Crippen LogP contribution in [0.3, 0.4) is 0 Å². The highest BCUT2D eigenvalue weighted by Gasteiger charge is 2.15. The molecule has 1 unspecified atom stereocenters. The van der Waals surface area contributed by atoms with E-state index < -0.39 is 5.60 Å². The zero-order valence-corrected chi connectivity index (χ0v) is 7.28. The highest BCUT2D eigenvalue weighted by Crippen LogP contribution is 2.11. The van der Waals surface area contributed by atoms with E-state index in [2.05, 4.69) is 12.2 Å². The van der Waals surface area contributed by atoms with E-state index in [1.165, 1.54) is 0 Å². The molecule has 2 nitrogen and oxygen atoms in total. The van der Waals surface area contributed by atoms with Gasteiger partial charge in [0.2, 0.25) is 0 Å². The Morgan fingerprint density at radius 1 is 1.40 bits per heavy atom. The van der Waals surface area contributed by atoms with E-state index in [9.17, 15) is 5.11 Å². The summed E-state index contributed by atoms with van der Waals surface area (Å²) < 4.78 is 0. The van der Waals surface area contributed by atoms with Crippen LogP contribution in [0.2, 0.25) is 0 Å². The maximum Gasteiger partial charge on any atom is 0.0629 e. The van der Waals surface area contributed by atoms with Gasteiger partial charge in [-0.25, -0.2) is 0 Å². The van der Waals surface area contributed by atoms with Gasteiger partial charge in [-0.05, 0) is 32.9 Å². The summed E-state index contributed by atoms with van der Waals surface area (Å²) in [5, 5.41) is 12.7. The first-order valence-corrected chi connectivity index (χ1v) is 4.05. The van der Waals surface area contributed by atoms with Crippen LogP contribution in [0.25, 0.3) is 0 Å². The van der Waals surface area contributed by atoms with E-state index >= 15 is 0 Å². The molecule has 0 aliphatic rings. The van der Waals surface area contributed by atoms with Gasteiger partial charge in [0.05, 0.1) is 5.60 Å². The summed E-state index contributed by atoms with van der Waals surface area (Å²) in [4.78, 5) is 0. The van der Waals surface area contributed by atoms with Crippen molar-refractivity contribution < 1.29 is 5.11 Å². The lowest BCUT2D eigenvalue weighted by Gasteiger charge is -2.20. The van der Waals surface area contributed by atoms with Crippen molar-refractivity contribution in [2.24, 2.45) is 0 Å². The molecule has 0 radical (unpaired) electrons. The molecule has 0 bridgehead atoms. The van der Waals surface area contributed by atoms with Crippen LogP contribution in [0.1, 0.15) is 33.6 Å². The lowest BCUT2D eigenvalue weighted by molar-refractivity contribution is 0.0474. The average Bonchev–Trinajstić information content (AvgIpc) is 1.89. The standard InChI is InChI=1S/C8H19NO/c1-4-8(3,10)6-7-9-5-2/h9-10H,4-7H2,1-3H3. The second-order valence-corrected chi connectivity index (χ2v) is 2.95. The number of aliphatic hydroxyl groups is 1. The quantitative estimate of drug-likeness (QED) is 0.569. The van der Waals surface area contributed by atoms with Crippen molar-refractivity contribution >= 4 is 0 Å². The molecule has 2 N–H and O–H groups in total. The van der Waals surface area contributed by atoms with Crippen molar-refractivity contribution in [1.29, 1.82) is 0 Å². The van der Waals surface area contributed by atoms with Gasteiger partial charge in [0.15, 0.2) is 0 Å². The predicted molar refractivity (Wildman–Crippen MR) is 44.1 cm³/mol. The monoisotopic (exact) mass is 145 g/mol. The fraction of sp³-hybridized carbons (Fsp3) is 1.00. The Morgan fingerprint density at radius 2 is 2.00 bits per heavy atom. The second-order valence-electron chi connectivity index (χ2n) is 2.95. The molecule has 0 aromatic rings. The molecule has 1 atom stereocenters. The smallest absolute Gasteiger partial charge is 0.0629 e. The Hall–Kier alpha value is -0.0800. The second kappa shape index (κ2) is 4.69. The SMILES string of the molecule is CCNCCC(C)(O)CC. The summed E-state index contributed by atoms with van der Waals surface area (Å²) in [6, 6.07) is 0. The van der Waals surface area contributed by atoms with Gasteiger partial charge in [0.25, 0.3) is 0 Å². The van der Waals surface area contributed by atoms with Crippen LogP contribution in [-0.2, 0) is 0 Å². The highest BCUT2D eigenvalue weighted by atomic mass is 16.3. The van der Waals surface area contributed by atoms with Gasteiger partial charge >= 0.3 is 0 Å². The molecule has 0 aromatic carbocycles. The number of hydrogen-bond acceptors (Lipinski definition) is 2. The summed E-state index contributed by atoms with van der Waals surface area (Å²) in [6.45, 7) is 7.86. The van der Waals surface area contributed by atoms with Gasteiger partial charge in [0, 0.05) is 0 Å². The Bertz CT molecular complexity index is 81.3. The summed E-state index contributed by atoms with van der Waals surface area (Å²) in [5.74, 6) is 0. The van der Waals surface area contributed by atoms with Gasteiger partial charge in [0.1, 0.15) is 0 Å².